The first kappa shape index (κ1) is 28.9. The highest BCUT2D eigenvalue weighted by molar-refractivity contribution is 7.92. The minimum Gasteiger partial charge on any atom is -0.481 e. The molecule has 3 aliphatic rings. The van der Waals surface area contributed by atoms with Gasteiger partial charge in [-0.3, -0.25) is 19.1 Å². The fourth-order valence-corrected chi connectivity index (χ4v) is 9.00. The van der Waals surface area contributed by atoms with E-state index in [1.54, 1.807) is 30.1 Å². The van der Waals surface area contributed by atoms with Crippen LogP contribution >= 0.6 is 11.6 Å². The Kier molecular flexibility index (Phi) is 6.70. The quantitative estimate of drug-likeness (QED) is 0.480. The van der Waals surface area contributed by atoms with Gasteiger partial charge in [0.1, 0.15) is 5.41 Å². The van der Waals surface area contributed by atoms with E-state index in [0.717, 1.165) is 4.90 Å². The highest BCUT2D eigenvalue weighted by Gasteiger charge is 2.76. The summed E-state index contributed by atoms with van der Waals surface area (Å²) in [7, 11) is -2.70. The summed E-state index contributed by atoms with van der Waals surface area (Å²) in [6, 6.07) is 7.67. The van der Waals surface area contributed by atoms with Crippen molar-refractivity contribution >= 4 is 39.2 Å². The van der Waals surface area contributed by atoms with E-state index in [9.17, 15) is 42.0 Å². The number of halogens is 3. The molecular weight excluding hydrogens is 584 g/mol. The molecule has 1 aromatic carbocycles. The van der Waals surface area contributed by atoms with Gasteiger partial charge in [0.2, 0.25) is 11.8 Å². The van der Waals surface area contributed by atoms with Gasteiger partial charge in [0.15, 0.2) is 9.84 Å². The van der Waals surface area contributed by atoms with Crippen LogP contribution in [-0.4, -0.2) is 70.3 Å². The van der Waals surface area contributed by atoms with Crippen LogP contribution in [0.2, 0.25) is 5.02 Å². The Hall–Kier alpha value is -3.57. The Balaban J connectivity index is 1.56. The molecule has 2 amide bonds. The molecule has 2 saturated carbocycles. The zero-order valence-corrected chi connectivity index (χ0v) is 23.3. The maximum Gasteiger partial charge on any atom is 0.310 e. The number of aryl methyl sites for hydroxylation is 1. The molecule has 2 aliphatic carbocycles. The number of carboxylic acid groups (broad SMARTS) is 1. The van der Waals surface area contributed by atoms with Gasteiger partial charge in [-0.1, -0.05) is 17.7 Å². The third-order valence-corrected chi connectivity index (χ3v) is 11.5. The lowest BCUT2D eigenvalue weighted by Gasteiger charge is -2.34. The predicted octanol–water partition coefficient (Wildman–Crippen LogP) is 2.25. The summed E-state index contributed by atoms with van der Waals surface area (Å²) < 4.78 is 57.4. The van der Waals surface area contributed by atoms with E-state index in [0.29, 0.717) is 11.3 Å². The monoisotopic (exact) mass is 609 g/mol. The van der Waals surface area contributed by atoms with Crippen LogP contribution in [0, 0.1) is 34.0 Å². The topological polar surface area (TPSA) is 176 Å². The van der Waals surface area contributed by atoms with Crippen molar-refractivity contribution in [3.8, 4) is 17.3 Å². The van der Waals surface area contributed by atoms with Gasteiger partial charge in [-0.15, -0.1) is 0 Å². The maximum absolute atomic E-state index is 14.0. The first-order valence-electron chi connectivity index (χ1n) is 12.7. The number of primary amides is 1. The summed E-state index contributed by atoms with van der Waals surface area (Å²) in [6.45, 7) is -1.29. The summed E-state index contributed by atoms with van der Waals surface area (Å²) in [4.78, 5) is 39.4. The molecule has 1 saturated heterocycles. The number of alkyl halides is 2. The molecule has 0 spiro atoms. The summed E-state index contributed by atoms with van der Waals surface area (Å²) in [5.41, 5.74) is 2.54. The SMILES string of the molecule is Cn1nccc1-c1ccc(S(=O)(=O)[C@@H]2C[C@@H](C(=O)N3CCC(F)(F)C3)[C@](C(=O)O)(C3CC3(C#N)C(N)=O)C2)c(Cl)c1. The van der Waals surface area contributed by atoms with Crippen LogP contribution in [0.4, 0.5) is 8.78 Å². The number of carbonyl (C=O) groups is 3. The highest BCUT2D eigenvalue weighted by atomic mass is 35.5. The molecule has 2 aromatic rings. The molecule has 41 heavy (non-hydrogen) atoms. The Labute approximate surface area is 238 Å². The number of nitrogens with two attached hydrogens (primary N) is 1. The van der Waals surface area contributed by atoms with Crippen LogP contribution in [0.3, 0.4) is 0 Å². The zero-order chi connectivity index (χ0) is 30.1. The molecule has 11 nitrogen and oxygen atoms in total. The summed E-state index contributed by atoms with van der Waals surface area (Å²) in [5, 5.41) is 22.7. The molecule has 0 bridgehead atoms. The third-order valence-electron chi connectivity index (χ3n) is 8.88. The number of hydrogen-bond donors (Lipinski definition) is 2. The van der Waals surface area contributed by atoms with Crippen molar-refractivity contribution in [3.63, 3.8) is 0 Å². The normalized spacial score (nSPS) is 30.6. The van der Waals surface area contributed by atoms with E-state index >= 15 is 0 Å². The second kappa shape index (κ2) is 9.49. The molecule has 5 atom stereocenters. The van der Waals surface area contributed by atoms with E-state index in [1.165, 1.54) is 18.2 Å². The molecule has 3 N–H and O–H groups in total. The Bertz CT molecular complexity index is 1620. The van der Waals surface area contributed by atoms with Crippen molar-refractivity contribution in [1.29, 1.82) is 5.26 Å². The average molecular weight is 610 g/mol. The molecule has 1 aromatic heterocycles. The van der Waals surface area contributed by atoms with Gasteiger partial charge in [-0.25, -0.2) is 17.2 Å². The van der Waals surface area contributed by atoms with Crippen LogP contribution in [0.5, 0.6) is 0 Å². The number of hydrogen-bond acceptors (Lipinski definition) is 7. The fraction of sp³-hybridized carbons (Fsp3) is 0.500. The fourth-order valence-electron chi connectivity index (χ4n) is 6.61. The zero-order valence-electron chi connectivity index (χ0n) is 21.8. The lowest BCUT2D eigenvalue weighted by atomic mass is 9.70. The van der Waals surface area contributed by atoms with Crippen molar-refractivity contribution in [3.05, 3.63) is 35.5 Å². The number of carboxylic acids is 1. The Morgan fingerprint density at radius 1 is 1.24 bits per heavy atom. The number of amides is 2. The van der Waals surface area contributed by atoms with Crippen LogP contribution in [0.1, 0.15) is 25.7 Å². The number of benzene rings is 1. The van der Waals surface area contributed by atoms with Gasteiger partial charge < -0.3 is 15.7 Å². The molecule has 0 radical (unpaired) electrons. The second-order valence-corrected chi connectivity index (χ2v) is 13.7. The number of rotatable bonds is 7. The smallest absolute Gasteiger partial charge is 0.310 e. The number of likely N-dealkylation sites (tertiary alicyclic amines) is 1. The Morgan fingerprint density at radius 3 is 2.44 bits per heavy atom. The number of sulfone groups is 1. The molecule has 15 heteroatoms. The number of nitrogens with zero attached hydrogens (tertiary/aromatic N) is 4. The van der Waals surface area contributed by atoms with E-state index < -0.39 is 87.3 Å². The number of aromatic nitrogens is 2. The molecule has 5 rings (SSSR count). The first-order valence-corrected chi connectivity index (χ1v) is 14.7. The summed E-state index contributed by atoms with van der Waals surface area (Å²) in [6.07, 6.45) is -0.522. The van der Waals surface area contributed by atoms with Gasteiger partial charge >= 0.3 is 5.97 Å². The second-order valence-electron chi connectivity index (χ2n) is 11.1. The van der Waals surface area contributed by atoms with Crippen LogP contribution in [-0.2, 0) is 31.3 Å². The minimum atomic E-state index is -4.39. The van der Waals surface area contributed by atoms with Crippen LogP contribution in [0.25, 0.3) is 11.3 Å². The summed E-state index contributed by atoms with van der Waals surface area (Å²) >= 11 is 6.43. The first-order chi connectivity index (χ1) is 19.1. The molecule has 2 heterocycles. The van der Waals surface area contributed by atoms with E-state index in [1.807, 2.05) is 0 Å². The van der Waals surface area contributed by atoms with Gasteiger partial charge in [-0.2, -0.15) is 10.4 Å². The lowest BCUT2D eigenvalue weighted by molar-refractivity contribution is -0.160. The lowest BCUT2D eigenvalue weighted by Crippen LogP contribution is -2.48. The van der Waals surface area contributed by atoms with Crippen LogP contribution < -0.4 is 5.73 Å². The summed E-state index contributed by atoms with van der Waals surface area (Å²) in [5.74, 6) is -9.71. The van der Waals surface area contributed by atoms with E-state index in [2.05, 4.69) is 5.10 Å². The molecular formula is C26H26ClF2N5O6S. The minimum absolute atomic E-state index is 0.145. The van der Waals surface area contributed by atoms with Crippen molar-refractivity contribution in [2.45, 2.75) is 41.8 Å². The van der Waals surface area contributed by atoms with Gasteiger partial charge in [0.25, 0.3) is 5.92 Å². The van der Waals surface area contributed by atoms with Crippen molar-refractivity contribution in [2.75, 3.05) is 13.1 Å². The van der Waals surface area contributed by atoms with E-state index in [-0.39, 0.29) is 22.9 Å². The van der Waals surface area contributed by atoms with E-state index in [4.69, 9.17) is 17.3 Å². The number of aliphatic carboxylic acids is 1. The average Bonchev–Trinajstić information content (AvgIpc) is 3.16. The highest BCUT2D eigenvalue weighted by Crippen LogP contribution is 2.68. The van der Waals surface area contributed by atoms with Gasteiger partial charge in [-0.05, 0) is 37.5 Å². The molecule has 1 aliphatic heterocycles. The van der Waals surface area contributed by atoms with Crippen molar-refractivity contribution in [2.24, 2.45) is 35.4 Å². The van der Waals surface area contributed by atoms with Crippen molar-refractivity contribution < 1.29 is 36.7 Å². The number of carbonyl (C=O) groups excluding carboxylic acids is 2. The molecule has 3 fully saturated rings. The third kappa shape index (κ3) is 4.37. The Morgan fingerprint density at radius 2 is 1.95 bits per heavy atom. The van der Waals surface area contributed by atoms with Gasteiger partial charge in [0, 0.05) is 37.7 Å². The molecule has 218 valence electrons. The number of nitriles is 1. The maximum atomic E-state index is 14.0. The predicted molar refractivity (Wildman–Crippen MR) is 139 cm³/mol. The largest absolute Gasteiger partial charge is 0.481 e. The standard InChI is InChI=1S/C26H26ClF2N5O6S/c1-33-18(4-6-32-33)14-2-3-19(17(27)8-14)41(39,40)15-9-16(21(35)34-7-5-25(28,29)13-34)26(10-15,23(37)38)20-11-24(20,12-30)22(31)36/h2-4,6,8,15-16,20H,5,7,9-11,13H2,1H3,(H2,31,36)(H,37,38)/t15-,16+,20?,24?,26+/m1/s1. The van der Waals surface area contributed by atoms with Gasteiger partial charge in [0.05, 0.1) is 44.8 Å². The van der Waals surface area contributed by atoms with Crippen LogP contribution in [0.15, 0.2) is 35.4 Å². The van der Waals surface area contributed by atoms with Crippen molar-refractivity contribution in [1.82, 2.24) is 14.7 Å². The molecule has 2 unspecified atom stereocenters.